The largest absolute Gasteiger partial charge is 0.474 e. The van der Waals surface area contributed by atoms with Crippen LogP contribution in [0, 0.1) is 11.7 Å². The van der Waals surface area contributed by atoms with Crippen molar-refractivity contribution >= 4 is 40.7 Å². The van der Waals surface area contributed by atoms with E-state index < -0.39 is 17.1 Å². The number of nitrogens with two attached hydrogens (primary N) is 2. The molecular formula is C24H24Cl2FN4O2+. The van der Waals surface area contributed by atoms with Gasteiger partial charge in [0.25, 0.3) is 5.91 Å². The third-order valence-electron chi connectivity index (χ3n) is 5.92. The lowest BCUT2D eigenvalue weighted by Crippen LogP contribution is -2.45. The molecule has 1 aliphatic heterocycles. The number of rotatable bonds is 6. The number of nitrogens with one attached hydrogen (secondary N) is 1. The van der Waals surface area contributed by atoms with Gasteiger partial charge in [0.15, 0.2) is 0 Å². The highest BCUT2D eigenvalue weighted by molar-refractivity contribution is 6.36. The Balaban J connectivity index is 1.52. The number of ether oxygens (including phenoxy) is 1. The minimum Gasteiger partial charge on any atom is -0.474 e. The van der Waals surface area contributed by atoms with Crippen LogP contribution >= 0.6 is 23.2 Å². The molecule has 1 saturated carbocycles. The Labute approximate surface area is 201 Å². The minimum absolute atomic E-state index is 0.112. The van der Waals surface area contributed by atoms with Gasteiger partial charge in [-0.3, -0.25) is 10.5 Å². The molecule has 0 spiro atoms. The standard InChI is InChI=1S/C24H23Cl2FN4O2/c1-12-11-24(12,29)31-22(32)14-6-4-13(5-7-14)17-10-18(21(28)30-17)33-23(2,3)19-15(25)8-9-16(27)20(19)26/h4-10,12,28H,11,29H2,1-3H3,(H,31,32)/p+1. The molecule has 1 fully saturated rings. The first-order valence-electron chi connectivity index (χ1n) is 10.4. The van der Waals surface area contributed by atoms with Gasteiger partial charge in [0.2, 0.25) is 11.5 Å². The molecule has 2 aromatic carbocycles. The first-order valence-corrected chi connectivity index (χ1v) is 11.1. The van der Waals surface area contributed by atoms with Gasteiger partial charge >= 0.3 is 5.84 Å². The fourth-order valence-electron chi connectivity index (χ4n) is 3.75. The van der Waals surface area contributed by atoms with Crippen LogP contribution in [0.5, 0.6) is 0 Å². The summed E-state index contributed by atoms with van der Waals surface area (Å²) in [4.78, 5) is 12.4. The van der Waals surface area contributed by atoms with Gasteiger partial charge in [-0.15, -0.1) is 0 Å². The van der Waals surface area contributed by atoms with Crippen LogP contribution in [0.25, 0.3) is 0 Å². The second-order valence-electron chi connectivity index (χ2n) is 8.90. The van der Waals surface area contributed by atoms with Crippen molar-refractivity contribution in [1.29, 1.82) is 0 Å². The normalized spacial score (nSPS) is 21.8. The summed E-state index contributed by atoms with van der Waals surface area (Å²) in [6.45, 7) is 5.42. The van der Waals surface area contributed by atoms with E-state index in [1.165, 1.54) is 12.1 Å². The summed E-state index contributed by atoms with van der Waals surface area (Å²) in [7, 11) is 0. The molecule has 1 heterocycles. The molecule has 9 heteroatoms. The van der Waals surface area contributed by atoms with Gasteiger partial charge < -0.3 is 15.8 Å². The third kappa shape index (κ3) is 4.50. The molecule has 33 heavy (non-hydrogen) atoms. The second-order valence-corrected chi connectivity index (χ2v) is 9.68. The predicted molar refractivity (Wildman–Crippen MR) is 129 cm³/mol. The number of hydrogen-bond acceptors (Lipinski definition) is 4. The minimum atomic E-state index is -1.09. The zero-order valence-electron chi connectivity index (χ0n) is 18.4. The van der Waals surface area contributed by atoms with E-state index in [4.69, 9.17) is 39.4 Å². The fourth-order valence-corrected chi connectivity index (χ4v) is 4.57. The molecule has 2 atom stereocenters. The summed E-state index contributed by atoms with van der Waals surface area (Å²) in [5.74, 6) is -0.0877. The molecular weight excluding hydrogens is 466 g/mol. The van der Waals surface area contributed by atoms with E-state index in [9.17, 15) is 9.18 Å². The maximum Gasteiger partial charge on any atom is 0.408 e. The van der Waals surface area contributed by atoms with Crippen LogP contribution in [0.3, 0.4) is 0 Å². The molecule has 1 aliphatic carbocycles. The first kappa shape index (κ1) is 23.3. The summed E-state index contributed by atoms with van der Waals surface area (Å²) in [6, 6.07) is 9.56. The summed E-state index contributed by atoms with van der Waals surface area (Å²) >= 11 is 12.4. The second kappa shape index (κ2) is 8.19. The molecule has 5 N–H and O–H groups in total. The highest BCUT2D eigenvalue weighted by Crippen LogP contribution is 2.39. The predicted octanol–water partition coefficient (Wildman–Crippen LogP) is 3.62. The van der Waals surface area contributed by atoms with Crippen molar-refractivity contribution in [2.24, 2.45) is 17.4 Å². The van der Waals surface area contributed by atoms with Crippen LogP contribution in [0.4, 0.5) is 4.39 Å². The van der Waals surface area contributed by atoms with Crippen LogP contribution in [0.1, 0.15) is 48.7 Å². The number of hydrogen-bond donors (Lipinski definition) is 3. The molecule has 4 rings (SSSR count). The molecule has 1 amide bonds. The SMILES string of the molecule is CC1CC1(N)NC(=O)c1ccc(C2=[N+]=C(N)C(OC(C)(C)c3c(Cl)ccc(F)c3Cl)=C2)cc1. The number of amidine groups is 1. The lowest BCUT2D eigenvalue weighted by atomic mass is 9.97. The van der Waals surface area contributed by atoms with Crippen LogP contribution in [-0.2, 0) is 10.3 Å². The highest BCUT2D eigenvalue weighted by Gasteiger charge is 2.49. The maximum absolute atomic E-state index is 14.0. The van der Waals surface area contributed by atoms with E-state index in [1.54, 1.807) is 44.2 Å². The molecule has 2 aromatic rings. The van der Waals surface area contributed by atoms with Gasteiger partial charge in [0.05, 0.1) is 16.8 Å². The number of halogens is 3. The maximum atomic E-state index is 14.0. The number of carbonyl (C=O) groups excluding carboxylic acids is 1. The first-order chi connectivity index (χ1) is 15.4. The van der Waals surface area contributed by atoms with Gasteiger partial charge in [-0.1, -0.05) is 30.1 Å². The molecule has 0 bridgehead atoms. The molecule has 172 valence electrons. The monoisotopic (exact) mass is 489 g/mol. The van der Waals surface area contributed by atoms with Crippen LogP contribution in [-0.4, -0.2) is 23.1 Å². The van der Waals surface area contributed by atoms with E-state index in [-0.39, 0.29) is 27.7 Å². The van der Waals surface area contributed by atoms with Crippen molar-refractivity contribution in [3.8, 4) is 0 Å². The zero-order valence-corrected chi connectivity index (χ0v) is 19.9. The average Bonchev–Trinajstić information content (AvgIpc) is 3.16. The van der Waals surface area contributed by atoms with Crippen LogP contribution < -0.4 is 21.5 Å². The Bertz CT molecular complexity index is 1250. The van der Waals surface area contributed by atoms with Crippen molar-refractivity contribution in [3.63, 3.8) is 0 Å². The number of nitrogens with zero attached hydrogens (tertiary/aromatic N) is 1. The zero-order chi connectivity index (χ0) is 24.1. The van der Waals surface area contributed by atoms with Crippen molar-refractivity contribution in [3.05, 3.63) is 80.8 Å². The van der Waals surface area contributed by atoms with E-state index in [0.717, 1.165) is 12.0 Å². The summed E-state index contributed by atoms with van der Waals surface area (Å²) in [5, 5.41) is 3.02. The van der Waals surface area contributed by atoms with E-state index in [2.05, 4.69) is 9.98 Å². The fraction of sp³-hybridized carbons (Fsp3) is 0.292. The Morgan fingerprint density at radius 2 is 1.88 bits per heavy atom. The van der Waals surface area contributed by atoms with Gasteiger partial charge in [-0.25, -0.2) is 4.39 Å². The Morgan fingerprint density at radius 3 is 2.48 bits per heavy atom. The Morgan fingerprint density at radius 1 is 1.24 bits per heavy atom. The van der Waals surface area contributed by atoms with Gasteiger partial charge in [0.1, 0.15) is 11.4 Å². The van der Waals surface area contributed by atoms with Crippen LogP contribution in [0.2, 0.25) is 10.0 Å². The molecule has 2 aliphatic rings. The van der Waals surface area contributed by atoms with Crippen molar-refractivity contribution in [2.75, 3.05) is 0 Å². The van der Waals surface area contributed by atoms with Gasteiger partial charge in [-0.05, 0) is 62.6 Å². The topological polar surface area (TPSA) is 104 Å². The number of carbonyl (C=O) groups is 1. The van der Waals surface area contributed by atoms with Gasteiger partial charge in [-0.2, -0.15) is 4.67 Å². The summed E-state index contributed by atoms with van der Waals surface area (Å²) < 4.78 is 24.5. The molecule has 0 aromatic heterocycles. The lowest BCUT2D eigenvalue weighted by molar-refractivity contribution is 0.0434. The average molecular weight is 490 g/mol. The highest BCUT2D eigenvalue weighted by atomic mass is 35.5. The number of allylic oxidation sites excluding steroid dienone is 1. The third-order valence-corrected chi connectivity index (χ3v) is 6.61. The van der Waals surface area contributed by atoms with Crippen LogP contribution in [0.15, 0.2) is 48.2 Å². The number of benzene rings is 2. The smallest absolute Gasteiger partial charge is 0.408 e. The van der Waals surface area contributed by atoms with E-state index in [0.29, 0.717) is 22.6 Å². The van der Waals surface area contributed by atoms with Crippen molar-refractivity contribution in [1.82, 2.24) is 9.98 Å². The molecule has 0 saturated heterocycles. The lowest BCUT2D eigenvalue weighted by Gasteiger charge is -2.28. The number of amides is 1. The quantitative estimate of drug-likeness (QED) is 0.327. The molecule has 0 radical (unpaired) electrons. The van der Waals surface area contributed by atoms with E-state index in [1.807, 2.05) is 6.92 Å². The van der Waals surface area contributed by atoms with Gasteiger partial charge in [0, 0.05) is 21.7 Å². The molecule has 6 nitrogen and oxygen atoms in total. The summed E-state index contributed by atoms with van der Waals surface area (Å²) in [5.41, 5.74) is 12.6. The summed E-state index contributed by atoms with van der Waals surface area (Å²) in [6.07, 6.45) is 2.44. The Kier molecular flexibility index (Phi) is 5.79. The van der Waals surface area contributed by atoms with Crippen molar-refractivity contribution in [2.45, 2.75) is 38.5 Å². The Hall–Kier alpha value is -2.83. The van der Waals surface area contributed by atoms with E-state index >= 15 is 0 Å². The molecule has 2 unspecified atom stereocenters. The van der Waals surface area contributed by atoms with Crippen molar-refractivity contribution < 1.29 is 13.9 Å².